The minimum Gasteiger partial charge on any atom is -0.380 e. The molecule has 0 radical (unpaired) electrons. The van der Waals surface area contributed by atoms with E-state index in [0.29, 0.717) is 42.5 Å². The number of carbonyl (C=O) groups excluding carboxylic acids is 3. The Balaban J connectivity index is 1.37. The first-order valence-electron chi connectivity index (χ1n) is 9.22. The summed E-state index contributed by atoms with van der Waals surface area (Å²) in [5, 5.41) is 3.55. The van der Waals surface area contributed by atoms with Crippen LogP contribution in [0.1, 0.15) is 52.0 Å². The summed E-state index contributed by atoms with van der Waals surface area (Å²) in [4.78, 5) is 42.2. The van der Waals surface area contributed by atoms with E-state index >= 15 is 0 Å². The van der Waals surface area contributed by atoms with Crippen LogP contribution < -0.4 is 5.73 Å². The van der Waals surface area contributed by atoms with Gasteiger partial charge in [-0.25, -0.2) is 9.18 Å². The molecule has 1 aliphatic heterocycles. The van der Waals surface area contributed by atoms with Crippen LogP contribution in [0.15, 0.2) is 53.7 Å². The second-order valence-electron chi connectivity index (χ2n) is 6.56. The number of nitrogens with two attached hydrogens (primary N) is 1. The molecule has 2 aromatic rings. The Kier molecular flexibility index (Phi) is 6.33. The van der Waals surface area contributed by atoms with Gasteiger partial charge in [-0.15, -0.1) is 0 Å². The number of nitrogens with zero attached hydrogens (tertiary/aromatic N) is 2. The number of benzene rings is 2. The van der Waals surface area contributed by atoms with Crippen molar-refractivity contribution in [2.75, 3.05) is 6.54 Å². The van der Waals surface area contributed by atoms with Crippen molar-refractivity contribution in [2.45, 2.75) is 25.7 Å². The Morgan fingerprint density at radius 3 is 2.21 bits per heavy atom. The molecule has 1 aliphatic rings. The molecule has 2 aromatic carbocycles. The van der Waals surface area contributed by atoms with Gasteiger partial charge in [0.1, 0.15) is 5.82 Å². The molecule has 2 N–H and O–H groups in total. The van der Waals surface area contributed by atoms with Crippen LogP contribution in [0.4, 0.5) is 4.39 Å². The molecule has 0 aliphatic carbocycles. The Bertz CT molecular complexity index is 922. The molecule has 3 rings (SSSR count). The van der Waals surface area contributed by atoms with Crippen molar-refractivity contribution in [1.82, 2.24) is 4.90 Å². The average molecular weight is 397 g/mol. The van der Waals surface area contributed by atoms with Crippen molar-refractivity contribution in [3.8, 4) is 0 Å². The molecule has 0 saturated carbocycles. The number of unbranched alkanes of at least 4 members (excludes halogenated alkanes) is 2. The molecular weight excluding hydrogens is 377 g/mol. The first-order valence-corrected chi connectivity index (χ1v) is 9.22. The van der Waals surface area contributed by atoms with Crippen molar-refractivity contribution in [1.29, 1.82) is 0 Å². The maximum atomic E-state index is 12.9. The summed E-state index contributed by atoms with van der Waals surface area (Å²) in [7, 11) is 0. The van der Waals surface area contributed by atoms with Gasteiger partial charge in [-0.05, 0) is 49.2 Å². The van der Waals surface area contributed by atoms with Gasteiger partial charge in [0.15, 0.2) is 5.84 Å². The minimum atomic E-state index is -0.546. The monoisotopic (exact) mass is 397 g/mol. The summed E-state index contributed by atoms with van der Waals surface area (Å²) in [6, 6.07) is 12.1. The fourth-order valence-corrected chi connectivity index (χ4v) is 2.98. The zero-order valence-electron chi connectivity index (χ0n) is 15.6. The lowest BCUT2D eigenvalue weighted by Crippen LogP contribution is -2.30. The molecule has 0 spiro atoms. The normalized spacial score (nSPS) is 13.6. The van der Waals surface area contributed by atoms with Crippen LogP contribution in [0.5, 0.6) is 0 Å². The molecule has 0 atom stereocenters. The van der Waals surface area contributed by atoms with Crippen LogP contribution in [0.2, 0.25) is 0 Å². The zero-order chi connectivity index (χ0) is 20.8. The number of imide groups is 1. The maximum absolute atomic E-state index is 12.9. The SMILES string of the molecule is N/C(=N\OC(=O)CCCCCN1C(=O)c2ccccc2C1=O)c1ccc(F)cc1. The number of oxime groups is 1. The Labute approximate surface area is 166 Å². The van der Waals surface area contributed by atoms with E-state index in [-0.39, 0.29) is 24.1 Å². The predicted molar refractivity (Wildman–Crippen MR) is 103 cm³/mol. The number of hydrogen-bond acceptors (Lipinski definition) is 5. The quantitative estimate of drug-likeness (QED) is 0.184. The lowest BCUT2D eigenvalue weighted by atomic mass is 10.1. The summed E-state index contributed by atoms with van der Waals surface area (Å²) < 4.78 is 12.9. The molecule has 150 valence electrons. The molecule has 0 unspecified atom stereocenters. The van der Waals surface area contributed by atoms with Gasteiger partial charge in [-0.2, -0.15) is 0 Å². The summed E-state index contributed by atoms with van der Waals surface area (Å²) >= 11 is 0. The van der Waals surface area contributed by atoms with Gasteiger partial charge in [-0.3, -0.25) is 14.5 Å². The Morgan fingerprint density at radius 1 is 0.966 bits per heavy atom. The van der Waals surface area contributed by atoms with E-state index in [2.05, 4.69) is 5.16 Å². The lowest BCUT2D eigenvalue weighted by Gasteiger charge is -2.13. The molecule has 29 heavy (non-hydrogen) atoms. The second kappa shape index (κ2) is 9.09. The van der Waals surface area contributed by atoms with Gasteiger partial charge < -0.3 is 10.6 Å². The fraction of sp³-hybridized carbons (Fsp3) is 0.238. The first kappa shape index (κ1) is 20.2. The predicted octanol–water partition coefficient (Wildman–Crippen LogP) is 2.85. The maximum Gasteiger partial charge on any atom is 0.335 e. The highest BCUT2D eigenvalue weighted by molar-refractivity contribution is 6.21. The first-order chi connectivity index (χ1) is 14.0. The van der Waals surface area contributed by atoms with E-state index in [1.807, 2.05) is 0 Å². The van der Waals surface area contributed by atoms with Crippen LogP contribution in [0.3, 0.4) is 0 Å². The third-order valence-corrected chi connectivity index (χ3v) is 4.53. The Morgan fingerprint density at radius 2 is 1.59 bits per heavy atom. The Hall–Kier alpha value is -3.55. The average Bonchev–Trinajstić information content (AvgIpc) is 2.97. The van der Waals surface area contributed by atoms with Crippen molar-refractivity contribution < 1.29 is 23.6 Å². The van der Waals surface area contributed by atoms with Gasteiger partial charge >= 0.3 is 5.97 Å². The molecule has 0 aromatic heterocycles. The van der Waals surface area contributed by atoms with E-state index in [1.54, 1.807) is 24.3 Å². The molecule has 7 nitrogen and oxygen atoms in total. The number of halogens is 1. The standard InChI is InChI=1S/C21H20FN3O4/c22-15-11-9-14(10-12-15)19(23)24-29-18(26)8-2-1-5-13-25-20(27)16-6-3-4-7-17(16)21(25)28/h3-4,6-7,9-12H,1-2,5,8,13H2,(H2,23,24). The highest BCUT2D eigenvalue weighted by Gasteiger charge is 2.34. The summed E-state index contributed by atoms with van der Waals surface area (Å²) in [5.41, 5.74) is 6.98. The number of amidine groups is 1. The summed E-state index contributed by atoms with van der Waals surface area (Å²) in [5.74, 6) is -1.54. The van der Waals surface area contributed by atoms with Gasteiger partial charge in [0.05, 0.1) is 11.1 Å². The van der Waals surface area contributed by atoms with E-state index in [9.17, 15) is 18.8 Å². The second-order valence-corrected chi connectivity index (χ2v) is 6.56. The van der Waals surface area contributed by atoms with Crippen LogP contribution in [0, 0.1) is 5.82 Å². The van der Waals surface area contributed by atoms with E-state index in [0.717, 1.165) is 0 Å². The number of rotatable bonds is 8. The van der Waals surface area contributed by atoms with Crippen LogP contribution >= 0.6 is 0 Å². The lowest BCUT2D eigenvalue weighted by molar-refractivity contribution is -0.143. The molecule has 8 heteroatoms. The molecule has 0 fully saturated rings. The summed E-state index contributed by atoms with van der Waals surface area (Å²) in [6.45, 7) is 0.303. The van der Waals surface area contributed by atoms with Crippen molar-refractivity contribution in [3.63, 3.8) is 0 Å². The van der Waals surface area contributed by atoms with E-state index in [4.69, 9.17) is 10.6 Å². The third kappa shape index (κ3) is 4.84. The summed E-state index contributed by atoms with van der Waals surface area (Å²) in [6.07, 6.45) is 1.87. The molecule has 0 saturated heterocycles. The van der Waals surface area contributed by atoms with Crippen molar-refractivity contribution in [2.24, 2.45) is 10.9 Å². The topological polar surface area (TPSA) is 102 Å². The zero-order valence-corrected chi connectivity index (χ0v) is 15.6. The minimum absolute atomic E-state index is 0.0241. The van der Waals surface area contributed by atoms with Crippen molar-refractivity contribution in [3.05, 3.63) is 71.0 Å². The van der Waals surface area contributed by atoms with E-state index < -0.39 is 11.8 Å². The van der Waals surface area contributed by atoms with Crippen LogP contribution in [-0.4, -0.2) is 35.1 Å². The fourth-order valence-electron chi connectivity index (χ4n) is 2.98. The highest BCUT2D eigenvalue weighted by atomic mass is 19.1. The molecule has 0 bridgehead atoms. The molecule has 2 amide bonds. The number of hydrogen-bond donors (Lipinski definition) is 1. The van der Waals surface area contributed by atoms with Crippen LogP contribution in [0.25, 0.3) is 0 Å². The highest BCUT2D eigenvalue weighted by Crippen LogP contribution is 2.22. The van der Waals surface area contributed by atoms with Crippen LogP contribution in [-0.2, 0) is 9.63 Å². The third-order valence-electron chi connectivity index (χ3n) is 4.53. The largest absolute Gasteiger partial charge is 0.380 e. The van der Waals surface area contributed by atoms with Gasteiger partial charge in [0, 0.05) is 18.5 Å². The van der Waals surface area contributed by atoms with Gasteiger partial charge in [0.25, 0.3) is 11.8 Å². The number of carbonyl (C=O) groups is 3. The van der Waals surface area contributed by atoms with Gasteiger partial charge in [-0.1, -0.05) is 23.7 Å². The van der Waals surface area contributed by atoms with Gasteiger partial charge in [0.2, 0.25) is 0 Å². The number of fused-ring (bicyclic) bond motifs is 1. The smallest absolute Gasteiger partial charge is 0.335 e. The number of amides is 2. The van der Waals surface area contributed by atoms with E-state index in [1.165, 1.54) is 29.2 Å². The molecular formula is C21H20FN3O4. The molecule has 1 heterocycles. The van der Waals surface area contributed by atoms with Crippen molar-refractivity contribution >= 4 is 23.6 Å².